The van der Waals surface area contributed by atoms with Crippen molar-refractivity contribution in [1.29, 1.82) is 0 Å². The molecule has 1 aliphatic heterocycles. The number of rotatable bonds is 5. The fourth-order valence-electron chi connectivity index (χ4n) is 3.13. The van der Waals surface area contributed by atoms with E-state index in [1.54, 1.807) is 36.7 Å². The van der Waals surface area contributed by atoms with Crippen LogP contribution in [0.5, 0.6) is 0 Å². The van der Waals surface area contributed by atoms with Crippen molar-refractivity contribution in [2.75, 3.05) is 18.5 Å². The predicted molar refractivity (Wildman–Crippen MR) is 101 cm³/mol. The Kier molecular flexibility index (Phi) is 5.93. The molecule has 3 aromatic heterocycles. The second-order valence-corrected chi connectivity index (χ2v) is 6.09. The number of ether oxygens (including phenoxy) is 1. The first-order chi connectivity index (χ1) is 13.6. The van der Waals surface area contributed by atoms with Crippen molar-refractivity contribution < 1.29 is 18.3 Å². The van der Waals surface area contributed by atoms with Crippen molar-refractivity contribution in [2.45, 2.75) is 32.1 Å². The van der Waals surface area contributed by atoms with Gasteiger partial charge in [-0.1, -0.05) is 19.9 Å². The average molecular weight is 389 g/mol. The van der Waals surface area contributed by atoms with E-state index in [-0.39, 0.29) is 25.3 Å². The Morgan fingerprint density at radius 3 is 2.82 bits per heavy atom. The van der Waals surface area contributed by atoms with Gasteiger partial charge in [0, 0.05) is 24.3 Å². The molecule has 1 atom stereocenters. The van der Waals surface area contributed by atoms with Crippen molar-refractivity contribution in [3.05, 3.63) is 42.4 Å². The van der Waals surface area contributed by atoms with Crippen LogP contribution in [0.2, 0.25) is 0 Å². The number of carbonyl (C=O) groups excluding carboxylic acids is 1. The summed E-state index contributed by atoms with van der Waals surface area (Å²) in [6.45, 7) is 4.23. The first-order valence-electron chi connectivity index (χ1n) is 9.02. The van der Waals surface area contributed by atoms with Gasteiger partial charge in [0.15, 0.2) is 5.82 Å². The molecule has 0 saturated carbocycles. The summed E-state index contributed by atoms with van der Waals surface area (Å²) in [5, 5.41) is 7.50. The molecule has 0 spiro atoms. The molecule has 1 saturated heterocycles. The van der Waals surface area contributed by atoms with Gasteiger partial charge in [-0.05, 0) is 18.6 Å². The lowest BCUT2D eigenvalue weighted by atomic mass is 9.83. The van der Waals surface area contributed by atoms with E-state index in [4.69, 9.17) is 4.74 Å². The molecule has 0 bridgehead atoms. The number of aromatic nitrogens is 4. The highest BCUT2D eigenvalue weighted by Crippen LogP contribution is 2.38. The summed E-state index contributed by atoms with van der Waals surface area (Å²) in [6.07, 6.45) is 1.34. The number of carbonyl (C=O) groups is 1. The molecule has 0 radical (unpaired) electrons. The lowest BCUT2D eigenvalue weighted by molar-refractivity contribution is -0.105. The van der Waals surface area contributed by atoms with Crippen LogP contribution >= 0.6 is 0 Å². The number of hydrogen-bond donors (Lipinski definition) is 1. The van der Waals surface area contributed by atoms with E-state index in [1.807, 2.05) is 13.8 Å². The first kappa shape index (κ1) is 19.8. The van der Waals surface area contributed by atoms with Crippen molar-refractivity contribution in [2.24, 2.45) is 0 Å². The second-order valence-electron chi connectivity index (χ2n) is 6.09. The Balaban J connectivity index is 0.00000109. The van der Waals surface area contributed by atoms with Crippen LogP contribution in [0, 0.1) is 0 Å². The molecule has 1 unspecified atom stereocenters. The maximum absolute atomic E-state index is 13.8. The number of amides is 1. The molecule has 1 amide bonds. The summed E-state index contributed by atoms with van der Waals surface area (Å²) in [5.74, 6) is 0.770. The minimum atomic E-state index is -2.57. The number of halogens is 2. The van der Waals surface area contributed by atoms with Crippen LogP contribution in [-0.2, 0) is 14.9 Å². The van der Waals surface area contributed by atoms with Crippen molar-refractivity contribution >= 4 is 23.1 Å². The molecular weight excluding hydrogens is 368 g/mol. The quantitative estimate of drug-likeness (QED) is 0.677. The number of pyridine rings is 2. The molecule has 7 nitrogen and oxygen atoms in total. The van der Waals surface area contributed by atoms with E-state index in [2.05, 4.69) is 20.4 Å². The summed E-state index contributed by atoms with van der Waals surface area (Å²) >= 11 is 0. The van der Waals surface area contributed by atoms with Gasteiger partial charge in [-0.2, -0.15) is 5.10 Å². The predicted octanol–water partition coefficient (Wildman–Crippen LogP) is 3.33. The van der Waals surface area contributed by atoms with E-state index < -0.39 is 11.8 Å². The van der Waals surface area contributed by atoms with E-state index in [9.17, 15) is 13.6 Å². The molecule has 0 aliphatic carbocycles. The summed E-state index contributed by atoms with van der Waals surface area (Å²) in [7, 11) is 0. The van der Waals surface area contributed by atoms with Crippen LogP contribution in [0.4, 0.5) is 14.6 Å². The van der Waals surface area contributed by atoms with Crippen LogP contribution in [-0.4, -0.2) is 45.8 Å². The van der Waals surface area contributed by atoms with E-state index in [0.29, 0.717) is 23.6 Å². The zero-order valence-corrected chi connectivity index (χ0v) is 15.6. The fraction of sp³-hybridized carbons (Fsp3) is 0.368. The third-order valence-corrected chi connectivity index (χ3v) is 4.59. The van der Waals surface area contributed by atoms with Gasteiger partial charge >= 0.3 is 0 Å². The molecule has 1 fully saturated rings. The van der Waals surface area contributed by atoms with Crippen molar-refractivity contribution in [1.82, 2.24) is 19.7 Å². The Bertz CT molecular complexity index is 954. The standard InChI is InChI=1S/C17H15F2N5O2.C2H6/c18-16(19)17(4-5-26-9-17)13-2-1-3-15(23-13)24-12-6-14(21-10-25)20-7-11(12)8-22-24;1-2/h1-3,6-8,10,16H,4-5,9H2,(H,20,21,25);1-2H3. The lowest BCUT2D eigenvalue weighted by Crippen LogP contribution is -2.36. The molecule has 28 heavy (non-hydrogen) atoms. The topological polar surface area (TPSA) is 81.9 Å². The van der Waals surface area contributed by atoms with E-state index >= 15 is 0 Å². The number of nitrogens with one attached hydrogen (secondary N) is 1. The summed E-state index contributed by atoms with van der Waals surface area (Å²) in [6, 6.07) is 6.61. The Morgan fingerprint density at radius 2 is 2.14 bits per heavy atom. The van der Waals surface area contributed by atoms with Crippen LogP contribution in [0.3, 0.4) is 0 Å². The fourth-order valence-corrected chi connectivity index (χ4v) is 3.13. The summed E-state index contributed by atoms with van der Waals surface area (Å²) < 4.78 is 34.3. The number of fused-ring (bicyclic) bond motifs is 1. The van der Waals surface area contributed by atoms with Gasteiger partial charge in [0.05, 0.1) is 29.4 Å². The Morgan fingerprint density at radius 1 is 1.32 bits per heavy atom. The number of nitrogens with zero attached hydrogens (tertiary/aromatic N) is 4. The van der Waals surface area contributed by atoms with Gasteiger partial charge in [-0.25, -0.2) is 23.4 Å². The second kappa shape index (κ2) is 8.39. The van der Waals surface area contributed by atoms with Gasteiger partial charge in [0.2, 0.25) is 6.41 Å². The maximum atomic E-state index is 13.8. The zero-order valence-electron chi connectivity index (χ0n) is 15.6. The average Bonchev–Trinajstić information content (AvgIpc) is 3.38. The highest BCUT2D eigenvalue weighted by Gasteiger charge is 2.46. The van der Waals surface area contributed by atoms with E-state index in [1.165, 1.54) is 4.68 Å². The summed E-state index contributed by atoms with van der Waals surface area (Å²) in [4.78, 5) is 19.2. The smallest absolute Gasteiger partial charge is 0.251 e. The summed E-state index contributed by atoms with van der Waals surface area (Å²) in [5.41, 5.74) is -0.459. The maximum Gasteiger partial charge on any atom is 0.251 e. The van der Waals surface area contributed by atoms with Gasteiger partial charge in [-0.15, -0.1) is 0 Å². The van der Waals surface area contributed by atoms with Gasteiger partial charge < -0.3 is 10.1 Å². The molecule has 4 heterocycles. The minimum Gasteiger partial charge on any atom is -0.380 e. The molecule has 0 aromatic carbocycles. The van der Waals surface area contributed by atoms with Crippen LogP contribution in [0.1, 0.15) is 26.0 Å². The third kappa shape index (κ3) is 3.45. The van der Waals surface area contributed by atoms with Crippen molar-refractivity contribution in [3.8, 4) is 5.82 Å². The molecule has 4 rings (SSSR count). The molecular formula is C19H21F2N5O2. The molecule has 3 aromatic rings. The SMILES string of the molecule is CC.O=CNc1cc2c(cn1)cnn2-c1cccc(C2(C(F)F)CCOC2)n1. The highest BCUT2D eigenvalue weighted by atomic mass is 19.3. The van der Waals surface area contributed by atoms with Gasteiger partial charge in [0.1, 0.15) is 5.82 Å². The molecule has 1 aliphatic rings. The van der Waals surface area contributed by atoms with Crippen LogP contribution in [0.25, 0.3) is 16.7 Å². The molecule has 148 valence electrons. The minimum absolute atomic E-state index is 0.0572. The molecule has 1 N–H and O–H groups in total. The normalized spacial score (nSPS) is 18.8. The zero-order chi connectivity index (χ0) is 20.1. The number of alkyl halides is 2. The van der Waals surface area contributed by atoms with E-state index in [0.717, 1.165) is 5.39 Å². The first-order valence-corrected chi connectivity index (χ1v) is 9.02. The van der Waals surface area contributed by atoms with Gasteiger partial charge in [0.25, 0.3) is 6.43 Å². The lowest BCUT2D eigenvalue weighted by Gasteiger charge is -2.26. The van der Waals surface area contributed by atoms with Crippen LogP contribution < -0.4 is 5.32 Å². The Hall–Kier alpha value is -2.94. The third-order valence-electron chi connectivity index (χ3n) is 4.59. The largest absolute Gasteiger partial charge is 0.380 e. The van der Waals surface area contributed by atoms with Gasteiger partial charge in [-0.3, -0.25) is 4.79 Å². The van der Waals surface area contributed by atoms with Crippen LogP contribution in [0.15, 0.2) is 36.7 Å². The number of hydrogen-bond acceptors (Lipinski definition) is 5. The number of anilines is 1. The van der Waals surface area contributed by atoms with Crippen molar-refractivity contribution in [3.63, 3.8) is 0 Å². The molecule has 9 heteroatoms. The highest BCUT2D eigenvalue weighted by molar-refractivity contribution is 5.83. The Labute approximate surface area is 160 Å². The monoisotopic (exact) mass is 389 g/mol.